The molecule has 1 unspecified atom stereocenters. The molecule has 1 atom stereocenters. The zero-order chi connectivity index (χ0) is 10.4. The predicted octanol–water partition coefficient (Wildman–Crippen LogP) is 1.12. The topological polar surface area (TPSA) is 32.7 Å². The summed E-state index contributed by atoms with van der Waals surface area (Å²) in [5.41, 5.74) is 0.116. The molecule has 14 heavy (non-hydrogen) atoms. The Morgan fingerprint density at radius 2 is 2.29 bits per heavy atom. The van der Waals surface area contributed by atoms with Gasteiger partial charge in [0.15, 0.2) is 0 Å². The van der Waals surface area contributed by atoms with Crippen LogP contribution in [0.2, 0.25) is 0 Å². The Kier molecular flexibility index (Phi) is 4.85. The summed E-state index contributed by atoms with van der Waals surface area (Å²) >= 11 is 0. The van der Waals surface area contributed by atoms with Crippen molar-refractivity contribution in [3.05, 3.63) is 0 Å². The van der Waals surface area contributed by atoms with Gasteiger partial charge in [-0.2, -0.15) is 0 Å². The Balaban J connectivity index is 2.25. The lowest BCUT2D eigenvalue weighted by molar-refractivity contribution is 0.0290. The van der Waals surface area contributed by atoms with E-state index in [2.05, 4.69) is 11.8 Å². The van der Waals surface area contributed by atoms with Crippen molar-refractivity contribution in [3.63, 3.8) is 0 Å². The molecule has 1 fully saturated rings. The molecule has 0 aromatic carbocycles. The first kappa shape index (κ1) is 12.0. The fraction of sp³-hybridized carbons (Fsp3) is 1.00. The first-order valence-electron chi connectivity index (χ1n) is 5.61. The van der Waals surface area contributed by atoms with E-state index in [1.807, 2.05) is 6.92 Å². The SMILES string of the molecule is CCOCCN1CCCC(C)(CO)C1. The number of ether oxygens (including phenoxy) is 1. The summed E-state index contributed by atoms with van der Waals surface area (Å²) in [6.45, 7) is 9.28. The molecule has 0 spiro atoms. The molecule has 0 saturated carbocycles. The van der Waals surface area contributed by atoms with Crippen LogP contribution in [-0.2, 0) is 4.74 Å². The highest BCUT2D eigenvalue weighted by Crippen LogP contribution is 2.28. The maximum Gasteiger partial charge on any atom is 0.0593 e. The number of hydrogen-bond donors (Lipinski definition) is 1. The highest BCUT2D eigenvalue weighted by Gasteiger charge is 2.29. The van der Waals surface area contributed by atoms with Gasteiger partial charge in [0.1, 0.15) is 0 Å². The van der Waals surface area contributed by atoms with E-state index in [1.54, 1.807) is 0 Å². The first-order chi connectivity index (χ1) is 6.70. The van der Waals surface area contributed by atoms with Crippen LogP contribution in [0.25, 0.3) is 0 Å². The van der Waals surface area contributed by atoms with Crippen LogP contribution in [-0.4, -0.2) is 49.5 Å². The highest BCUT2D eigenvalue weighted by atomic mass is 16.5. The van der Waals surface area contributed by atoms with Crippen molar-refractivity contribution in [1.82, 2.24) is 4.90 Å². The fourth-order valence-electron chi connectivity index (χ4n) is 2.09. The molecule has 0 amide bonds. The third kappa shape index (κ3) is 3.56. The van der Waals surface area contributed by atoms with Crippen molar-refractivity contribution in [2.24, 2.45) is 5.41 Å². The molecule has 1 aliphatic rings. The number of aliphatic hydroxyl groups excluding tert-OH is 1. The molecule has 1 saturated heterocycles. The van der Waals surface area contributed by atoms with Crippen molar-refractivity contribution in [3.8, 4) is 0 Å². The minimum absolute atomic E-state index is 0.116. The lowest BCUT2D eigenvalue weighted by atomic mass is 9.83. The van der Waals surface area contributed by atoms with Gasteiger partial charge in [0.2, 0.25) is 0 Å². The zero-order valence-electron chi connectivity index (χ0n) is 9.46. The Bertz CT molecular complexity index is 163. The molecule has 0 radical (unpaired) electrons. The summed E-state index contributed by atoms with van der Waals surface area (Å²) in [7, 11) is 0. The summed E-state index contributed by atoms with van der Waals surface area (Å²) in [4.78, 5) is 2.40. The van der Waals surface area contributed by atoms with Crippen molar-refractivity contribution >= 4 is 0 Å². The van der Waals surface area contributed by atoms with Crippen molar-refractivity contribution in [1.29, 1.82) is 0 Å². The molecule has 1 N–H and O–H groups in total. The molecular formula is C11H23NO2. The van der Waals surface area contributed by atoms with E-state index >= 15 is 0 Å². The van der Waals surface area contributed by atoms with Gasteiger partial charge in [0.05, 0.1) is 6.61 Å². The van der Waals surface area contributed by atoms with E-state index in [1.165, 1.54) is 6.42 Å². The first-order valence-corrected chi connectivity index (χ1v) is 5.61. The second-order valence-electron chi connectivity index (χ2n) is 4.55. The van der Waals surface area contributed by atoms with Crippen molar-refractivity contribution in [2.45, 2.75) is 26.7 Å². The van der Waals surface area contributed by atoms with Gasteiger partial charge in [0, 0.05) is 31.7 Å². The Morgan fingerprint density at radius 3 is 2.93 bits per heavy atom. The zero-order valence-corrected chi connectivity index (χ0v) is 9.46. The van der Waals surface area contributed by atoms with E-state index in [0.717, 1.165) is 39.3 Å². The Morgan fingerprint density at radius 1 is 1.50 bits per heavy atom. The lowest BCUT2D eigenvalue weighted by Gasteiger charge is -2.39. The van der Waals surface area contributed by atoms with E-state index in [0.29, 0.717) is 6.61 Å². The largest absolute Gasteiger partial charge is 0.396 e. The van der Waals surface area contributed by atoms with Gasteiger partial charge in [0.25, 0.3) is 0 Å². The van der Waals surface area contributed by atoms with Crippen molar-refractivity contribution < 1.29 is 9.84 Å². The van der Waals surface area contributed by atoms with Crippen LogP contribution in [0.3, 0.4) is 0 Å². The van der Waals surface area contributed by atoms with Crippen LogP contribution in [0.5, 0.6) is 0 Å². The third-order valence-electron chi connectivity index (χ3n) is 3.00. The number of likely N-dealkylation sites (tertiary alicyclic amines) is 1. The quantitative estimate of drug-likeness (QED) is 0.677. The highest BCUT2D eigenvalue weighted by molar-refractivity contribution is 4.82. The van der Waals surface area contributed by atoms with Crippen LogP contribution in [0.15, 0.2) is 0 Å². The van der Waals surface area contributed by atoms with Gasteiger partial charge in [-0.3, -0.25) is 0 Å². The normalized spacial score (nSPS) is 29.4. The van der Waals surface area contributed by atoms with Gasteiger partial charge >= 0.3 is 0 Å². The molecular weight excluding hydrogens is 178 g/mol. The monoisotopic (exact) mass is 201 g/mol. The van der Waals surface area contributed by atoms with Crippen LogP contribution in [0.4, 0.5) is 0 Å². The Hall–Kier alpha value is -0.120. The minimum atomic E-state index is 0.116. The second-order valence-corrected chi connectivity index (χ2v) is 4.55. The van der Waals surface area contributed by atoms with E-state index in [9.17, 15) is 5.11 Å². The number of nitrogens with zero attached hydrogens (tertiary/aromatic N) is 1. The minimum Gasteiger partial charge on any atom is -0.396 e. The van der Waals surface area contributed by atoms with Crippen LogP contribution in [0, 0.1) is 5.41 Å². The van der Waals surface area contributed by atoms with Crippen LogP contribution < -0.4 is 0 Å². The molecule has 1 aliphatic heterocycles. The summed E-state index contributed by atoms with van der Waals surface area (Å²) in [6.07, 6.45) is 2.35. The average Bonchev–Trinajstić information content (AvgIpc) is 2.19. The molecule has 84 valence electrons. The number of piperidine rings is 1. The second kappa shape index (κ2) is 5.69. The summed E-state index contributed by atoms with van der Waals surface area (Å²) in [6, 6.07) is 0. The molecule has 3 heteroatoms. The molecule has 0 aromatic rings. The summed E-state index contributed by atoms with van der Waals surface area (Å²) < 4.78 is 5.33. The smallest absolute Gasteiger partial charge is 0.0593 e. The fourth-order valence-corrected chi connectivity index (χ4v) is 2.09. The summed E-state index contributed by atoms with van der Waals surface area (Å²) in [5, 5.41) is 9.28. The average molecular weight is 201 g/mol. The van der Waals surface area contributed by atoms with E-state index in [-0.39, 0.29) is 5.41 Å². The van der Waals surface area contributed by atoms with E-state index in [4.69, 9.17) is 4.74 Å². The van der Waals surface area contributed by atoms with Crippen molar-refractivity contribution in [2.75, 3.05) is 39.5 Å². The molecule has 1 heterocycles. The molecule has 0 bridgehead atoms. The van der Waals surface area contributed by atoms with Crippen LogP contribution >= 0.6 is 0 Å². The van der Waals surface area contributed by atoms with Gasteiger partial charge in [-0.1, -0.05) is 6.92 Å². The Labute approximate surface area is 87.1 Å². The number of rotatable bonds is 5. The molecule has 0 aliphatic carbocycles. The summed E-state index contributed by atoms with van der Waals surface area (Å²) in [5.74, 6) is 0. The van der Waals surface area contributed by atoms with Gasteiger partial charge in [-0.25, -0.2) is 0 Å². The van der Waals surface area contributed by atoms with E-state index < -0.39 is 0 Å². The van der Waals surface area contributed by atoms with Gasteiger partial charge < -0.3 is 14.7 Å². The lowest BCUT2D eigenvalue weighted by Crippen LogP contribution is -2.44. The maximum atomic E-state index is 9.28. The maximum absolute atomic E-state index is 9.28. The standard InChI is InChI=1S/C11H23NO2/c1-3-14-8-7-12-6-4-5-11(2,9-12)10-13/h13H,3-10H2,1-2H3. The van der Waals surface area contributed by atoms with Gasteiger partial charge in [-0.05, 0) is 26.3 Å². The molecule has 3 nitrogen and oxygen atoms in total. The van der Waals surface area contributed by atoms with Gasteiger partial charge in [-0.15, -0.1) is 0 Å². The molecule has 1 rings (SSSR count). The number of aliphatic hydroxyl groups is 1. The molecule has 0 aromatic heterocycles. The third-order valence-corrected chi connectivity index (χ3v) is 3.00. The van der Waals surface area contributed by atoms with Crippen LogP contribution in [0.1, 0.15) is 26.7 Å². The predicted molar refractivity (Wildman–Crippen MR) is 57.4 cm³/mol. The number of hydrogen-bond acceptors (Lipinski definition) is 3.